The Kier molecular flexibility index (Phi) is 5.40. The van der Waals surface area contributed by atoms with Crippen molar-refractivity contribution in [3.8, 4) is 0 Å². The van der Waals surface area contributed by atoms with Crippen molar-refractivity contribution in [1.29, 1.82) is 0 Å². The number of thiazole rings is 1. The van der Waals surface area contributed by atoms with E-state index in [1.54, 1.807) is 22.7 Å². The summed E-state index contributed by atoms with van der Waals surface area (Å²) < 4.78 is 1.17. The molecule has 20 heavy (non-hydrogen) atoms. The average Bonchev–Trinajstić information content (AvgIpc) is 2.99. The van der Waals surface area contributed by atoms with E-state index in [1.165, 1.54) is 14.4 Å². The number of thiophene rings is 1. The highest BCUT2D eigenvalue weighted by molar-refractivity contribution is 9.11. The topological polar surface area (TPSA) is 24.9 Å². The maximum absolute atomic E-state index is 4.87. The molecule has 2 rings (SSSR count). The zero-order valence-electron chi connectivity index (χ0n) is 12.4. The lowest BCUT2D eigenvalue weighted by molar-refractivity contribution is 0.559. The van der Waals surface area contributed by atoms with Crippen LogP contribution in [-0.2, 0) is 5.41 Å². The van der Waals surface area contributed by atoms with E-state index in [0.29, 0.717) is 0 Å². The van der Waals surface area contributed by atoms with Gasteiger partial charge in [-0.15, -0.1) is 22.7 Å². The van der Waals surface area contributed by atoms with E-state index in [9.17, 15) is 0 Å². The minimum absolute atomic E-state index is 0.111. The van der Waals surface area contributed by atoms with Crippen LogP contribution in [0.5, 0.6) is 0 Å². The second-order valence-corrected chi connectivity index (χ2v) is 9.23. The largest absolute Gasteiger partial charge is 0.304 e. The summed E-state index contributed by atoms with van der Waals surface area (Å²) in [6, 6.07) is 4.51. The van der Waals surface area contributed by atoms with Crippen LogP contribution in [0.3, 0.4) is 0 Å². The summed E-state index contributed by atoms with van der Waals surface area (Å²) in [5.74, 6) is 0. The molecule has 2 heterocycles. The van der Waals surface area contributed by atoms with Crippen molar-refractivity contribution in [2.24, 2.45) is 0 Å². The normalized spacial score (nSPS) is 13.7. The molecule has 2 nitrogen and oxygen atoms in total. The van der Waals surface area contributed by atoms with Crippen molar-refractivity contribution in [1.82, 2.24) is 10.3 Å². The molecule has 0 aliphatic carbocycles. The third-order valence-corrected chi connectivity index (χ3v) is 5.61. The summed E-state index contributed by atoms with van der Waals surface area (Å²) in [7, 11) is 0. The third-order valence-electron chi connectivity index (χ3n) is 3.01. The fraction of sp³-hybridized carbons (Fsp3) is 0.533. The first-order valence-corrected chi connectivity index (χ1v) is 9.35. The van der Waals surface area contributed by atoms with Crippen molar-refractivity contribution < 1.29 is 0 Å². The van der Waals surface area contributed by atoms with Crippen molar-refractivity contribution in [3.63, 3.8) is 0 Å². The van der Waals surface area contributed by atoms with Crippen LogP contribution in [0, 0.1) is 0 Å². The third kappa shape index (κ3) is 3.91. The molecule has 2 aromatic rings. The standard InChI is InChI=1S/C15H21BrN2S2/c1-5-8-17-13(10-6-7-12(16)20-10)14-18-11(9-19-14)15(2,3)4/h6-7,9,13,17H,5,8H2,1-4H3. The Balaban J connectivity index is 2.29. The van der Waals surface area contributed by atoms with Crippen LogP contribution < -0.4 is 5.32 Å². The zero-order valence-corrected chi connectivity index (χ0v) is 15.6. The summed E-state index contributed by atoms with van der Waals surface area (Å²) in [5, 5.41) is 6.98. The second kappa shape index (κ2) is 6.69. The molecule has 0 amide bonds. The molecule has 0 aliphatic heterocycles. The van der Waals surface area contributed by atoms with Gasteiger partial charge in [-0.25, -0.2) is 4.98 Å². The molecule has 0 spiro atoms. The van der Waals surface area contributed by atoms with Gasteiger partial charge < -0.3 is 5.32 Å². The van der Waals surface area contributed by atoms with Crippen LogP contribution in [0.25, 0.3) is 0 Å². The Bertz CT molecular complexity index is 554. The predicted octanol–water partition coefficient (Wildman–Crippen LogP) is 5.35. The summed E-state index contributed by atoms with van der Waals surface area (Å²) >= 11 is 7.09. The van der Waals surface area contributed by atoms with Crippen molar-refractivity contribution >= 4 is 38.6 Å². The van der Waals surface area contributed by atoms with E-state index in [0.717, 1.165) is 18.0 Å². The lowest BCUT2D eigenvalue weighted by Gasteiger charge is -2.16. The van der Waals surface area contributed by atoms with Crippen LogP contribution in [0.2, 0.25) is 0 Å². The molecular weight excluding hydrogens is 352 g/mol. The molecule has 0 aromatic carbocycles. The van der Waals surface area contributed by atoms with E-state index in [-0.39, 0.29) is 11.5 Å². The van der Waals surface area contributed by atoms with Crippen LogP contribution in [0.1, 0.15) is 55.7 Å². The maximum atomic E-state index is 4.87. The van der Waals surface area contributed by atoms with Gasteiger partial charge >= 0.3 is 0 Å². The van der Waals surface area contributed by atoms with Gasteiger partial charge in [-0.2, -0.15) is 0 Å². The molecule has 0 saturated heterocycles. The van der Waals surface area contributed by atoms with E-state index in [4.69, 9.17) is 4.98 Å². The van der Waals surface area contributed by atoms with Gasteiger partial charge in [0, 0.05) is 15.7 Å². The number of hydrogen-bond donors (Lipinski definition) is 1. The minimum Gasteiger partial charge on any atom is -0.304 e. The quantitative estimate of drug-likeness (QED) is 0.764. The number of aromatic nitrogens is 1. The molecule has 1 unspecified atom stereocenters. The summed E-state index contributed by atoms with van der Waals surface area (Å²) in [6.45, 7) is 9.83. The molecule has 0 fully saturated rings. The monoisotopic (exact) mass is 372 g/mol. The predicted molar refractivity (Wildman–Crippen MR) is 93.0 cm³/mol. The number of halogens is 1. The van der Waals surface area contributed by atoms with Crippen molar-refractivity contribution in [2.75, 3.05) is 6.54 Å². The summed E-state index contributed by atoms with van der Waals surface area (Å²) in [4.78, 5) is 6.19. The molecule has 0 bridgehead atoms. The summed E-state index contributed by atoms with van der Waals surface area (Å²) in [5.41, 5.74) is 1.29. The number of nitrogens with zero attached hydrogens (tertiary/aromatic N) is 1. The first-order valence-electron chi connectivity index (χ1n) is 6.86. The molecule has 1 N–H and O–H groups in total. The van der Waals surface area contributed by atoms with Crippen LogP contribution in [-0.4, -0.2) is 11.5 Å². The molecule has 5 heteroatoms. The Morgan fingerprint density at radius 1 is 1.35 bits per heavy atom. The van der Waals surface area contributed by atoms with E-state index in [2.05, 4.69) is 66.5 Å². The second-order valence-electron chi connectivity index (χ2n) is 5.85. The maximum Gasteiger partial charge on any atom is 0.115 e. The Hall–Kier alpha value is -0.230. The fourth-order valence-corrected chi connectivity index (χ4v) is 4.56. The van der Waals surface area contributed by atoms with Crippen molar-refractivity contribution in [2.45, 2.75) is 45.6 Å². The van der Waals surface area contributed by atoms with Gasteiger partial charge in [-0.3, -0.25) is 0 Å². The van der Waals surface area contributed by atoms with Crippen LogP contribution in [0.15, 0.2) is 21.3 Å². The fourth-order valence-electron chi connectivity index (χ4n) is 1.85. The molecule has 0 saturated carbocycles. The van der Waals surface area contributed by atoms with E-state index in [1.807, 2.05) is 0 Å². The van der Waals surface area contributed by atoms with Gasteiger partial charge in [0.2, 0.25) is 0 Å². The van der Waals surface area contributed by atoms with Gasteiger partial charge in [0.1, 0.15) is 5.01 Å². The zero-order chi connectivity index (χ0) is 14.8. The van der Waals surface area contributed by atoms with Gasteiger partial charge in [0.15, 0.2) is 0 Å². The average molecular weight is 373 g/mol. The SMILES string of the molecule is CCCNC(c1ccc(Br)s1)c1nc(C(C)(C)C)cs1. The van der Waals surface area contributed by atoms with Crippen LogP contribution >= 0.6 is 38.6 Å². The molecule has 2 aromatic heterocycles. The first kappa shape index (κ1) is 16.1. The van der Waals surface area contributed by atoms with Gasteiger partial charge in [-0.05, 0) is 41.0 Å². The minimum atomic E-state index is 0.111. The Morgan fingerprint density at radius 2 is 2.10 bits per heavy atom. The van der Waals surface area contributed by atoms with Crippen LogP contribution in [0.4, 0.5) is 0 Å². The van der Waals surface area contributed by atoms with Gasteiger partial charge in [0.05, 0.1) is 15.5 Å². The molecule has 1 atom stereocenters. The Morgan fingerprint density at radius 3 is 2.60 bits per heavy atom. The van der Waals surface area contributed by atoms with E-state index >= 15 is 0 Å². The lowest BCUT2D eigenvalue weighted by atomic mass is 9.93. The first-order chi connectivity index (χ1) is 9.41. The number of nitrogens with one attached hydrogen (secondary N) is 1. The number of rotatable bonds is 5. The highest BCUT2D eigenvalue weighted by Crippen LogP contribution is 2.34. The molecule has 0 aliphatic rings. The summed E-state index contributed by atoms with van der Waals surface area (Å²) in [6.07, 6.45) is 1.13. The smallest absolute Gasteiger partial charge is 0.115 e. The van der Waals surface area contributed by atoms with Crippen molar-refractivity contribution in [3.05, 3.63) is 36.9 Å². The Labute approximate surface area is 137 Å². The lowest BCUT2D eigenvalue weighted by Crippen LogP contribution is -2.22. The van der Waals surface area contributed by atoms with Gasteiger partial charge in [0.25, 0.3) is 0 Å². The van der Waals surface area contributed by atoms with E-state index < -0.39 is 0 Å². The molecule has 0 radical (unpaired) electrons. The number of hydrogen-bond acceptors (Lipinski definition) is 4. The highest BCUT2D eigenvalue weighted by Gasteiger charge is 2.23. The molecule has 110 valence electrons. The van der Waals surface area contributed by atoms with Gasteiger partial charge in [-0.1, -0.05) is 27.7 Å². The highest BCUT2D eigenvalue weighted by atomic mass is 79.9. The molecular formula is C15H21BrN2S2.